The molecule has 0 fully saturated rings. The number of fused-ring (bicyclic) bond motifs is 1. The van der Waals surface area contributed by atoms with Gasteiger partial charge in [0.2, 0.25) is 0 Å². The highest BCUT2D eigenvalue weighted by Crippen LogP contribution is 2.43. The van der Waals surface area contributed by atoms with E-state index < -0.39 is 18.2 Å². The molecule has 2 rings (SSSR count). The molecule has 1 aliphatic rings. The first kappa shape index (κ1) is 12.2. The maximum atomic E-state index is 11.1. The average Bonchev–Trinajstić information content (AvgIpc) is 2.79. The molecule has 0 radical (unpaired) electrons. The highest BCUT2D eigenvalue weighted by molar-refractivity contribution is 7.10. The molecular weight excluding hydrogens is 248 g/mol. The first-order valence-electron chi connectivity index (χ1n) is 4.96. The van der Waals surface area contributed by atoms with Crippen molar-refractivity contribution in [2.45, 2.75) is 12.2 Å². The summed E-state index contributed by atoms with van der Waals surface area (Å²) in [5, 5.41) is 21.1. The maximum absolute atomic E-state index is 11.1. The van der Waals surface area contributed by atoms with Crippen molar-refractivity contribution in [2.75, 3.05) is 20.3 Å². The lowest BCUT2D eigenvalue weighted by Crippen LogP contribution is -2.29. The molecule has 0 amide bonds. The zero-order valence-corrected chi connectivity index (χ0v) is 9.90. The van der Waals surface area contributed by atoms with E-state index in [9.17, 15) is 15.0 Å². The Hall–Kier alpha value is -1.31. The molecule has 2 unspecified atom stereocenters. The molecular formula is C10H12O6S. The largest absolute Gasteiger partial charge is 0.485 e. The quantitative estimate of drug-likeness (QED) is 0.749. The minimum atomic E-state index is -1.63. The summed E-state index contributed by atoms with van der Waals surface area (Å²) in [5.74, 6) is 0.0143. The topological polar surface area (TPSA) is 85.2 Å². The molecule has 0 spiro atoms. The normalized spacial score (nSPS) is 17.4. The third kappa shape index (κ3) is 2.21. The lowest BCUT2D eigenvalue weighted by atomic mass is 10.1. The molecule has 94 valence electrons. The van der Waals surface area contributed by atoms with Crippen molar-refractivity contribution in [1.29, 1.82) is 0 Å². The van der Waals surface area contributed by atoms with Gasteiger partial charge in [-0.25, -0.2) is 4.79 Å². The van der Waals surface area contributed by atoms with Crippen molar-refractivity contribution < 1.29 is 29.2 Å². The number of esters is 1. The van der Waals surface area contributed by atoms with Crippen LogP contribution in [0.15, 0.2) is 5.38 Å². The minimum Gasteiger partial charge on any atom is -0.485 e. The van der Waals surface area contributed by atoms with Gasteiger partial charge >= 0.3 is 5.97 Å². The number of ether oxygens (including phenoxy) is 3. The molecule has 2 atom stereocenters. The maximum Gasteiger partial charge on any atom is 0.337 e. The first-order chi connectivity index (χ1) is 8.15. The number of hydrogen-bond acceptors (Lipinski definition) is 7. The fourth-order valence-corrected chi connectivity index (χ4v) is 2.42. The third-order valence-corrected chi connectivity index (χ3v) is 3.35. The highest BCUT2D eigenvalue weighted by atomic mass is 32.1. The van der Waals surface area contributed by atoms with Crippen LogP contribution in [0.3, 0.4) is 0 Å². The Kier molecular flexibility index (Phi) is 3.51. The van der Waals surface area contributed by atoms with E-state index in [1.54, 1.807) is 5.38 Å². The van der Waals surface area contributed by atoms with Gasteiger partial charge in [-0.1, -0.05) is 0 Å². The summed E-state index contributed by atoms with van der Waals surface area (Å²) in [5.41, 5.74) is 0. The van der Waals surface area contributed by atoms with Gasteiger partial charge in [-0.05, 0) is 0 Å². The average molecular weight is 260 g/mol. The highest BCUT2D eigenvalue weighted by Gasteiger charge is 2.32. The van der Waals surface area contributed by atoms with E-state index in [1.165, 1.54) is 0 Å². The number of rotatable bonds is 3. The predicted octanol–water partition coefficient (Wildman–Crippen LogP) is 0.0866. The standard InChI is InChI=1S/C10H12O6S/c1-14-10(13)7(12)6(11)9-8-5(4-17-9)15-2-3-16-8/h4,6-7,11-12H,2-3H2,1H3. The summed E-state index contributed by atoms with van der Waals surface area (Å²) >= 11 is 1.16. The number of aliphatic hydroxyl groups excluding tert-OH is 2. The summed E-state index contributed by atoms with van der Waals surface area (Å²) in [6, 6.07) is 0. The molecule has 17 heavy (non-hydrogen) atoms. The Morgan fingerprint density at radius 1 is 1.47 bits per heavy atom. The monoisotopic (exact) mass is 260 g/mol. The molecule has 2 heterocycles. The van der Waals surface area contributed by atoms with Gasteiger partial charge in [0.15, 0.2) is 17.6 Å². The van der Waals surface area contributed by atoms with Gasteiger partial charge in [0, 0.05) is 5.38 Å². The number of thiophene rings is 1. The van der Waals surface area contributed by atoms with Gasteiger partial charge in [-0.3, -0.25) is 0 Å². The van der Waals surface area contributed by atoms with E-state index in [0.29, 0.717) is 29.6 Å². The van der Waals surface area contributed by atoms with Crippen LogP contribution < -0.4 is 9.47 Å². The van der Waals surface area contributed by atoms with Crippen molar-refractivity contribution in [1.82, 2.24) is 0 Å². The smallest absolute Gasteiger partial charge is 0.337 e. The van der Waals surface area contributed by atoms with Crippen LogP contribution in [0.2, 0.25) is 0 Å². The predicted molar refractivity (Wildman–Crippen MR) is 58.3 cm³/mol. The van der Waals surface area contributed by atoms with Crippen molar-refractivity contribution in [3.05, 3.63) is 10.3 Å². The van der Waals surface area contributed by atoms with E-state index in [2.05, 4.69) is 4.74 Å². The van der Waals surface area contributed by atoms with Crippen LogP contribution in [0.5, 0.6) is 11.5 Å². The van der Waals surface area contributed by atoms with Gasteiger partial charge < -0.3 is 24.4 Å². The summed E-state index contributed by atoms with van der Waals surface area (Å²) in [7, 11) is 1.14. The van der Waals surface area contributed by atoms with Crippen LogP contribution in [0, 0.1) is 0 Å². The molecule has 2 N–H and O–H groups in total. The Bertz CT molecular complexity index is 415. The van der Waals surface area contributed by atoms with Crippen molar-refractivity contribution >= 4 is 17.3 Å². The molecule has 1 aromatic heterocycles. The molecule has 1 aromatic rings. The molecule has 0 aliphatic carbocycles. The van der Waals surface area contributed by atoms with Crippen molar-refractivity contribution in [2.24, 2.45) is 0 Å². The Balaban J connectivity index is 2.22. The number of methoxy groups -OCH3 is 1. The molecule has 1 aliphatic heterocycles. The molecule has 0 saturated carbocycles. The lowest BCUT2D eigenvalue weighted by molar-refractivity contribution is -0.156. The lowest BCUT2D eigenvalue weighted by Gasteiger charge is -2.19. The summed E-state index contributed by atoms with van der Waals surface area (Å²) in [6.07, 6.45) is -3.01. The fourth-order valence-electron chi connectivity index (χ4n) is 1.48. The Morgan fingerprint density at radius 2 is 2.18 bits per heavy atom. The van der Waals surface area contributed by atoms with E-state index in [4.69, 9.17) is 9.47 Å². The SMILES string of the molecule is COC(=O)C(O)C(O)c1scc2c1OCCO2. The second-order valence-electron chi connectivity index (χ2n) is 3.40. The second kappa shape index (κ2) is 4.91. The Labute approximate surface area is 101 Å². The summed E-state index contributed by atoms with van der Waals surface area (Å²) in [4.78, 5) is 11.5. The minimum absolute atomic E-state index is 0.359. The van der Waals surface area contributed by atoms with E-state index >= 15 is 0 Å². The molecule has 6 nitrogen and oxygen atoms in total. The molecule has 0 bridgehead atoms. The van der Waals surface area contributed by atoms with Gasteiger partial charge in [0.1, 0.15) is 19.3 Å². The molecule has 0 saturated heterocycles. The van der Waals surface area contributed by atoms with Crippen LogP contribution in [0.4, 0.5) is 0 Å². The summed E-state index contributed by atoms with van der Waals surface area (Å²) in [6.45, 7) is 0.816. The molecule has 0 aromatic carbocycles. The van der Waals surface area contributed by atoms with Crippen LogP contribution >= 0.6 is 11.3 Å². The van der Waals surface area contributed by atoms with E-state index in [1.807, 2.05) is 0 Å². The first-order valence-corrected chi connectivity index (χ1v) is 5.84. The van der Waals surface area contributed by atoms with Gasteiger partial charge in [-0.15, -0.1) is 11.3 Å². The van der Waals surface area contributed by atoms with Crippen LogP contribution in [0.25, 0.3) is 0 Å². The van der Waals surface area contributed by atoms with Crippen molar-refractivity contribution in [3.63, 3.8) is 0 Å². The van der Waals surface area contributed by atoms with E-state index in [-0.39, 0.29) is 0 Å². The number of carbonyl (C=O) groups excluding carboxylic acids is 1. The zero-order chi connectivity index (χ0) is 12.4. The number of carbonyl (C=O) groups is 1. The van der Waals surface area contributed by atoms with Crippen molar-refractivity contribution in [3.8, 4) is 11.5 Å². The van der Waals surface area contributed by atoms with Gasteiger partial charge in [-0.2, -0.15) is 0 Å². The Morgan fingerprint density at radius 3 is 2.88 bits per heavy atom. The van der Waals surface area contributed by atoms with Crippen LogP contribution in [0.1, 0.15) is 11.0 Å². The number of aliphatic hydroxyl groups is 2. The van der Waals surface area contributed by atoms with Crippen LogP contribution in [-0.4, -0.2) is 42.6 Å². The van der Waals surface area contributed by atoms with E-state index in [0.717, 1.165) is 18.4 Å². The number of hydrogen-bond donors (Lipinski definition) is 2. The zero-order valence-electron chi connectivity index (χ0n) is 9.08. The summed E-state index contributed by atoms with van der Waals surface area (Å²) < 4.78 is 15.0. The molecule has 7 heteroatoms. The van der Waals surface area contributed by atoms with Gasteiger partial charge in [0.05, 0.1) is 12.0 Å². The third-order valence-electron chi connectivity index (χ3n) is 2.34. The van der Waals surface area contributed by atoms with Gasteiger partial charge in [0.25, 0.3) is 0 Å². The second-order valence-corrected chi connectivity index (χ2v) is 4.31. The van der Waals surface area contributed by atoms with Crippen LogP contribution in [-0.2, 0) is 9.53 Å². The fraction of sp³-hybridized carbons (Fsp3) is 0.500.